The van der Waals surface area contributed by atoms with Crippen molar-refractivity contribution in [3.8, 4) is 0 Å². The number of rotatable bonds is 6. The second-order valence-corrected chi connectivity index (χ2v) is 9.87. The van der Waals surface area contributed by atoms with Crippen molar-refractivity contribution in [3.63, 3.8) is 0 Å². The van der Waals surface area contributed by atoms with Gasteiger partial charge in [0, 0.05) is 37.6 Å². The van der Waals surface area contributed by atoms with Crippen molar-refractivity contribution in [3.05, 3.63) is 51.2 Å². The highest BCUT2D eigenvalue weighted by Crippen LogP contribution is 2.24. The van der Waals surface area contributed by atoms with Crippen LogP contribution < -0.4 is 0 Å². The molecule has 0 amide bonds. The van der Waals surface area contributed by atoms with Crippen molar-refractivity contribution >= 4 is 38.9 Å². The Labute approximate surface area is 168 Å². The van der Waals surface area contributed by atoms with Crippen LogP contribution in [0.2, 0.25) is 4.34 Å². The van der Waals surface area contributed by atoms with Gasteiger partial charge in [-0.05, 0) is 43.3 Å². The average Bonchev–Trinajstić information content (AvgIpc) is 3.07. The third-order valence-electron chi connectivity index (χ3n) is 4.34. The zero-order chi connectivity index (χ0) is 19.4. The first-order valence-corrected chi connectivity index (χ1v) is 11.3. The van der Waals surface area contributed by atoms with Gasteiger partial charge in [-0.15, -0.1) is 11.3 Å². The normalized spacial score (nSPS) is 16.4. The van der Waals surface area contributed by atoms with Crippen molar-refractivity contribution in [2.45, 2.75) is 18.4 Å². The highest BCUT2D eigenvalue weighted by molar-refractivity contribution is 7.89. The molecule has 9 heteroatoms. The molecule has 1 aromatic carbocycles. The average molecular weight is 429 g/mol. The fourth-order valence-corrected chi connectivity index (χ4v) is 5.46. The van der Waals surface area contributed by atoms with Crippen molar-refractivity contribution in [2.75, 3.05) is 32.8 Å². The lowest BCUT2D eigenvalue weighted by Crippen LogP contribution is -2.48. The molecule has 0 saturated carbocycles. The first kappa shape index (κ1) is 20.3. The lowest BCUT2D eigenvalue weighted by molar-refractivity contribution is 0.0526. The number of piperazine rings is 1. The fraction of sp³-hybridized carbons (Fsp3) is 0.389. The Morgan fingerprint density at radius 3 is 2.33 bits per heavy atom. The highest BCUT2D eigenvalue weighted by Gasteiger charge is 2.28. The standard InChI is InChI=1S/C18H21ClN2O4S2/c1-2-25-18(22)14-3-6-16(7-4-14)27(23,24)21-11-9-20(10-12-21)13-15-5-8-17(19)26-15/h3-8H,2,9-13H2,1H3. The number of sulfonamides is 1. The van der Waals surface area contributed by atoms with Crippen molar-refractivity contribution in [2.24, 2.45) is 0 Å². The molecule has 6 nitrogen and oxygen atoms in total. The molecule has 3 rings (SSSR count). The summed E-state index contributed by atoms with van der Waals surface area (Å²) in [7, 11) is -3.57. The van der Waals surface area contributed by atoms with Crippen molar-refractivity contribution in [1.29, 1.82) is 0 Å². The number of benzene rings is 1. The summed E-state index contributed by atoms with van der Waals surface area (Å²) in [6, 6.07) is 9.77. The molecule has 1 saturated heterocycles. The molecule has 1 fully saturated rings. The molecule has 0 atom stereocenters. The van der Waals surface area contributed by atoms with Gasteiger partial charge in [-0.2, -0.15) is 4.31 Å². The van der Waals surface area contributed by atoms with Gasteiger partial charge in [-0.1, -0.05) is 11.6 Å². The van der Waals surface area contributed by atoms with E-state index in [1.807, 2.05) is 12.1 Å². The van der Waals surface area contributed by atoms with Gasteiger partial charge in [0.25, 0.3) is 0 Å². The van der Waals surface area contributed by atoms with E-state index in [-0.39, 0.29) is 11.5 Å². The van der Waals surface area contributed by atoms with Gasteiger partial charge in [0.05, 0.1) is 21.4 Å². The molecule has 2 aromatic rings. The highest BCUT2D eigenvalue weighted by atomic mass is 35.5. The van der Waals surface area contributed by atoms with E-state index in [1.54, 1.807) is 18.3 Å². The van der Waals surface area contributed by atoms with Crippen LogP contribution in [-0.2, 0) is 21.3 Å². The molecule has 0 spiro atoms. The summed E-state index contributed by atoms with van der Waals surface area (Å²) in [5.74, 6) is -0.455. The van der Waals surface area contributed by atoms with Gasteiger partial charge < -0.3 is 4.74 Å². The molecule has 0 unspecified atom stereocenters. The molecular weight excluding hydrogens is 408 g/mol. The number of halogens is 1. The number of esters is 1. The Bertz CT molecular complexity index is 888. The summed E-state index contributed by atoms with van der Waals surface area (Å²) in [4.78, 5) is 15.3. The van der Waals surface area contributed by atoms with E-state index in [9.17, 15) is 13.2 Å². The minimum absolute atomic E-state index is 0.189. The summed E-state index contributed by atoms with van der Waals surface area (Å²) >= 11 is 7.51. The number of thiophene rings is 1. The maximum atomic E-state index is 12.8. The van der Waals surface area contributed by atoms with Gasteiger partial charge in [-0.25, -0.2) is 13.2 Å². The predicted molar refractivity (Wildman–Crippen MR) is 106 cm³/mol. The number of carbonyl (C=O) groups is 1. The second-order valence-electron chi connectivity index (χ2n) is 6.13. The van der Waals surface area contributed by atoms with Crippen LogP contribution in [-0.4, -0.2) is 56.4 Å². The summed E-state index contributed by atoms with van der Waals surface area (Å²) in [5, 5.41) is 0. The maximum absolute atomic E-state index is 12.8. The minimum atomic E-state index is -3.57. The number of ether oxygens (including phenoxy) is 1. The van der Waals surface area contributed by atoms with Crippen molar-refractivity contribution in [1.82, 2.24) is 9.21 Å². The maximum Gasteiger partial charge on any atom is 0.338 e. The van der Waals surface area contributed by atoms with E-state index in [2.05, 4.69) is 4.90 Å². The molecule has 0 aliphatic carbocycles. The van der Waals surface area contributed by atoms with Crippen LogP contribution >= 0.6 is 22.9 Å². The Balaban J connectivity index is 1.61. The van der Waals surface area contributed by atoms with Crippen molar-refractivity contribution < 1.29 is 17.9 Å². The topological polar surface area (TPSA) is 66.9 Å². The van der Waals surface area contributed by atoms with Crippen LogP contribution in [0.3, 0.4) is 0 Å². The number of hydrogen-bond donors (Lipinski definition) is 0. The summed E-state index contributed by atoms with van der Waals surface area (Å²) in [6.07, 6.45) is 0. The molecule has 27 heavy (non-hydrogen) atoms. The molecular formula is C18H21ClN2O4S2. The number of carbonyl (C=O) groups excluding carboxylic acids is 1. The zero-order valence-corrected chi connectivity index (χ0v) is 17.3. The van der Waals surface area contributed by atoms with E-state index in [0.717, 1.165) is 10.9 Å². The first-order chi connectivity index (χ1) is 12.9. The van der Waals surface area contributed by atoms with Gasteiger partial charge in [0.2, 0.25) is 10.0 Å². The van der Waals surface area contributed by atoms with Gasteiger partial charge >= 0.3 is 5.97 Å². The van der Waals surface area contributed by atoms with E-state index in [1.165, 1.54) is 33.4 Å². The summed E-state index contributed by atoms with van der Waals surface area (Å²) in [6.45, 7) is 4.97. The monoisotopic (exact) mass is 428 g/mol. The summed E-state index contributed by atoms with van der Waals surface area (Å²) in [5.41, 5.74) is 0.343. The number of hydrogen-bond acceptors (Lipinski definition) is 6. The smallest absolute Gasteiger partial charge is 0.338 e. The molecule has 1 aromatic heterocycles. The fourth-order valence-electron chi connectivity index (χ4n) is 2.91. The third kappa shape index (κ3) is 4.89. The van der Waals surface area contributed by atoms with Gasteiger partial charge in [-0.3, -0.25) is 4.90 Å². The van der Waals surface area contributed by atoms with Crippen LogP contribution in [0.15, 0.2) is 41.3 Å². The molecule has 2 heterocycles. The molecule has 146 valence electrons. The van der Waals surface area contributed by atoms with Gasteiger partial charge in [0.1, 0.15) is 0 Å². The lowest BCUT2D eigenvalue weighted by atomic mass is 10.2. The SMILES string of the molecule is CCOC(=O)c1ccc(S(=O)(=O)N2CCN(Cc3ccc(Cl)s3)CC2)cc1. The Hall–Kier alpha value is -1.45. The molecule has 0 radical (unpaired) electrons. The predicted octanol–water partition coefficient (Wildman–Crippen LogP) is 3.08. The largest absolute Gasteiger partial charge is 0.462 e. The van der Waals surface area contributed by atoms with Crippen LogP contribution in [0.5, 0.6) is 0 Å². The van der Waals surface area contributed by atoms with E-state index < -0.39 is 16.0 Å². The van der Waals surface area contributed by atoms with Crippen LogP contribution in [0, 0.1) is 0 Å². The molecule has 0 bridgehead atoms. The van der Waals surface area contributed by atoms with E-state index >= 15 is 0 Å². The summed E-state index contributed by atoms with van der Waals surface area (Å²) < 4.78 is 32.8. The lowest BCUT2D eigenvalue weighted by Gasteiger charge is -2.33. The zero-order valence-electron chi connectivity index (χ0n) is 14.9. The molecule has 0 N–H and O–H groups in total. The van der Waals surface area contributed by atoms with Crippen LogP contribution in [0.1, 0.15) is 22.2 Å². The molecule has 1 aliphatic heterocycles. The van der Waals surface area contributed by atoms with Crippen LogP contribution in [0.4, 0.5) is 0 Å². The Morgan fingerprint density at radius 2 is 1.78 bits per heavy atom. The van der Waals surface area contributed by atoms with E-state index in [4.69, 9.17) is 16.3 Å². The third-order valence-corrected chi connectivity index (χ3v) is 7.47. The minimum Gasteiger partial charge on any atom is -0.462 e. The number of nitrogens with zero attached hydrogens (tertiary/aromatic N) is 2. The van der Waals surface area contributed by atoms with E-state index in [0.29, 0.717) is 31.7 Å². The Morgan fingerprint density at radius 1 is 1.11 bits per heavy atom. The quantitative estimate of drug-likeness (QED) is 0.661. The van der Waals surface area contributed by atoms with Gasteiger partial charge in [0.15, 0.2) is 0 Å². The second kappa shape index (κ2) is 8.70. The van der Waals surface area contributed by atoms with Crippen LogP contribution in [0.25, 0.3) is 0 Å². The first-order valence-electron chi connectivity index (χ1n) is 8.64. The Kier molecular flexibility index (Phi) is 6.54. The molecule has 1 aliphatic rings.